The molecule has 8 heteroatoms. The first-order chi connectivity index (χ1) is 13.3. The van der Waals surface area contributed by atoms with Crippen molar-refractivity contribution in [2.75, 3.05) is 0 Å². The third-order valence-electron chi connectivity index (χ3n) is 4.88. The Morgan fingerprint density at radius 2 is 1.86 bits per heavy atom. The molecule has 0 aliphatic heterocycles. The molecule has 0 bridgehead atoms. The van der Waals surface area contributed by atoms with Gasteiger partial charge in [-0.2, -0.15) is 0 Å². The number of aryl methyl sites for hydroxylation is 2. The average molecular weight is 377 g/mol. The van der Waals surface area contributed by atoms with Crippen LogP contribution in [0.15, 0.2) is 56.7 Å². The molecule has 28 heavy (non-hydrogen) atoms. The maximum absolute atomic E-state index is 12.8. The van der Waals surface area contributed by atoms with Crippen LogP contribution in [0.2, 0.25) is 0 Å². The molecule has 4 rings (SSSR count). The van der Waals surface area contributed by atoms with E-state index in [0.29, 0.717) is 11.1 Å². The summed E-state index contributed by atoms with van der Waals surface area (Å²) < 4.78 is 6.74. The Balaban J connectivity index is 1.87. The quantitative estimate of drug-likeness (QED) is 0.308. The van der Waals surface area contributed by atoms with Crippen LogP contribution < -0.4 is 11.2 Å². The molecule has 0 amide bonds. The summed E-state index contributed by atoms with van der Waals surface area (Å²) >= 11 is 0. The molecular weight excluding hydrogens is 362 g/mol. The molecule has 2 aromatic heterocycles. The van der Waals surface area contributed by atoms with E-state index in [9.17, 15) is 19.7 Å². The number of rotatable bonds is 3. The number of hydrogen-bond donors (Lipinski definition) is 0. The fourth-order valence-corrected chi connectivity index (χ4v) is 3.21. The van der Waals surface area contributed by atoms with Crippen LogP contribution in [0.5, 0.6) is 0 Å². The van der Waals surface area contributed by atoms with Gasteiger partial charge < -0.3 is 4.42 Å². The first-order valence-corrected chi connectivity index (χ1v) is 8.51. The molecule has 0 spiro atoms. The highest BCUT2D eigenvalue weighted by atomic mass is 16.6. The number of hydrogen-bond acceptors (Lipinski definition) is 6. The molecule has 140 valence electrons. The van der Waals surface area contributed by atoms with Crippen LogP contribution in [0.3, 0.4) is 0 Å². The number of nitro groups is 1. The Labute approximate surface area is 157 Å². The van der Waals surface area contributed by atoms with Crippen molar-refractivity contribution in [1.82, 2.24) is 9.55 Å². The molecule has 0 saturated heterocycles. The summed E-state index contributed by atoms with van der Waals surface area (Å²) in [6.45, 7) is 3.93. The molecule has 0 radical (unpaired) electrons. The minimum Gasteiger partial charge on any atom is -0.422 e. The maximum Gasteiger partial charge on any atom is 0.336 e. The first kappa shape index (κ1) is 17.6. The summed E-state index contributed by atoms with van der Waals surface area (Å²) in [6, 6.07) is 9.09. The topological polar surface area (TPSA) is 108 Å². The first-order valence-electron chi connectivity index (χ1n) is 8.51. The zero-order valence-electron chi connectivity index (χ0n) is 15.1. The molecule has 4 aromatic rings. The van der Waals surface area contributed by atoms with Gasteiger partial charge in [0.15, 0.2) is 0 Å². The number of nitro benzene ring substituents is 1. The molecule has 2 heterocycles. The Hall–Kier alpha value is -3.81. The summed E-state index contributed by atoms with van der Waals surface area (Å²) in [7, 11) is 0. The van der Waals surface area contributed by atoms with Gasteiger partial charge in [-0.1, -0.05) is 12.1 Å². The van der Waals surface area contributed by atoms with E-state index in [-0.39, 0.29) is 28.7 Å². The van der Waals surface area contributed by atoms with Crippen LogP contribution in [0, 0.1) is 24.0 Å². The largest absolute Gasteiger partial charge is 0.422 e. The van der Waals surface area contributed by atoms with Gasteiger partial charge in [-0.25, -0.2) is 9.78 Å². The van der Waals surface area contributed by atoms with Gasteiger partial charge in [0, 0.05) is 23.6 Å². The summed E-state index contributed by atoms with van der Waals surface area (Å²) in [5.41, 5.74) is 2.29. The van der Waals surface area contributed by atoms with E-state index in [0.717, 1.165) is 16.5 Å². The summed E-state index contributed by atoms with van der Waals surface area (Å²) in [4.78, 5) is 39.4. The van der Waals surface area contributed by atoms with Gasteiger partial charge >= 0.3 is 5.63 Å². The lowest BCUT2D eigenvalue weighted by atomic mass is 10.0. The van der Waals surface area contributed by atoms with Gasteiger partial charge in [-0.05, 0) is 36.6 Å². The fraction of sp³-hybridized carbons (Fsp3) is 0.150. The minimum absolute atomic E-state index is 0.128. The lowest BCUT2D eigenvalue weighted by Crippen LogP contribution is -2.22. The van der Waals surface area contributed by atoms with E-state index < -0.39 is 10.5 Å². The molecule has 0 saturated carbocycles. The van der Waals surface area contributed by atoms with Gasteiger partial charge in [0.1, 0.15) is 5.58 Å². The number of non-ortho nitro benzene ring substituents is 1. The van der Waals surface area contributed by atoms with Crippen LogP contribution in [0.4, 0.5) is 5.69 Å². The lowest BCUT2D eigenvalue weighted by Gasteiger charge is -2.11. The highest BCUT2D eigenvalue weighted by molar-refractivity contribution is 5.84. The SMILES string of the molecule is Cc1ccc2c(Cn3cnc4cc([N+](=O)[O-])ccc4c3=O)cc(=O)oc2c1C. The van der Waals surface area contributed by atoms with Gasteiger partial charge in [0.2, 0.25) is 0 Å². The molecule has 0 aliphatic rings. The Bertz CT molecular complexity index is 1380. The van der Waals surface area contributed by atoms with E-state index in [4.69, 9.17) is 4.42 Å². The third kappa shape index (κ3) is 2.84. The molecule has 0 unspecified atom stereocenters. The van der Waals surface area contributed by atoms with E-state index in [1.807, 2.05) is 26.0 Å². The Morgan fingerprint density at radius 1 is 1.11 bits per heavy atom. The predicted octanol–water partition coefficient (Wildman–Crippen LogP) is 3.08. The van der Waals surface area contributed by atoms with Crippen molar-refractivity contribution in [2.45, 2.75) is 20.4 Å². The van der Waals surface area contributed by atoms with Crippen molar-refractivity contribution in [2.24, 2.45) is 0 Å². The van der Waals surface area contributed by atoms with E-state index >= 15 is 0 Å². The molecule has 0 fully saturated rings. The summed E-state index contributed by atoms with van der Waals surface area (Å²) in [5, 5.41) is 11.9. The minimum atomic E-state index is -0.535. The smallest absolute Gasteiger partial charge is 0.336 e. The lowest BCUT2D eigenvalue weighted by molar-refractivity contribution is -0.384. The van der Waals surface area contributed by atoms with Crippen LogP contribution in [0.25, 0.3) is 21.9 Å². The highest BCUT2D eigenvalue weighted by Crippen LogP contribution is 2.24. The maximum atomic E-state index is 12.8. The normalized spacial score (nSPS) is 11.2. The molecule has 2 aromatic carbocycles. The molecular formula is C20H15N3O5. The van der Waals surface area contributed by atoms with Crippen molar-refractivity contribution in [1.29, 1.82) is 0 Å². The third-order valence-corrected chi connectivity index (χ3v) is 4.88. The van der Waals surface area contributed by atoms with Crippen molar-refractivity contribution in [3.05, 3.63) is 90.3 Å². The number of aromatic nitrogens is 2. The fourth-order valence-electron chi connectivity index (χ4n) is 3.21. The number of benzene rings is 2. The van der Waals surface area contributed by atoms with E-state index in [1.165, 1.54) is 35.2 Å². The zero-order valence-corrected chi connectivity index (χ0v) is 15.1. The molecule has 0 aliphatic carbocycles. The van der Waals surface area contributed by atoms with Gasteiger partial charge in [0.05, 0.1) is 28.7 Å². The van der Waals surface area contributed by atoms with E-state index in [2.05, 4.69) is 4.98 Å². The second-order valence-corrected chi connectivity index (χ2v) is 6.61. The average Bonchev–Trinajstić information content (AvgIpc) is 2.67. The molecule has 8 nitrogen and oxygen atoms in total. The molecule has 0 atom stereocenters. The standard InChI is InChI=1S/C20H15N3O5/c1-11-3-5-15-13(7-18(24)28-19(15)12(11)2)9-22-10-21-17-8-14(23(26)27)4-6-16(17)20(22)25/h3-8,10H,9H2,1-2H3. The number of nitrogens with zero attached hydrogens (tertiary/aromatic N) is 3. The van der Waals surface area contributed by atoms with Crippen molar-refractivity contribution in [3.63, 3.8) is 0 Å². The van der Waals surface area contributed by atoms with Crippen molar-refractivity contribution in [3.8, 4) is 0 Å². The van der Waals surface area contributed by atoms with Crippen LogP contribution in [0.1, 0.15) is 16.7 Å². The zero-order chi connectivity index (χ0) is 20.0. The monoisotopic (exact) mass is 377 g/mol. The van der Waals surface area contributed by atoms with Gasteiger partial charge in [0.25, 0.3) is 11.2 Å². The highest BCUT2D eigenvalue weighted by Gasteiger charge is 2.13. The van der Waals surface area contributed by atoms with Gasteiger partial charge in [-0.15, -0.1) is 0 Å². The van der Waals surface area contributed by atoms with Crippen molar-refractivity contribution >= 4 is 27.6 Å². The second kappa shape index (κ2) is 6.41. The van der Waals surface area contributed by atoms with Crippen LogP contribution >= 0.6 is 0 Å². The number of fused-ring (bicyclic) bond motifs is 2. The predicted molar refractivity (Wildman–Crippen MR) is 104 cm³/mol. The summed E-state index contributed by atoms with van der Waals surface area (Å²) in [6.07, 6.45) is 1.33. The van der Waals surface area contributed by atoms with Crippen LogP contribution in [-0.2, 0) is 6.54 Å². The van der Waals surface area contributed by atoms with Crippen LogP contribution in [-0.4, -0.2) is 14.5 Å². The summed E-state index contributed by atoms with van der Waals surface area (Å²) in [5.74, 6) is 0. The Kier molecular flexibility index (Phi) is 4.03. The molecule has 0 N–H and O–H groups in total. The van der Waals surface area contributed by atoms with Gasteiger partial charge in [-0.3, -0.25) is 19.5 Å². The van der Waals surface area contributed by atoms with Crippen molar-refractivity contribution < 1.29 is 9.34 Å². The second-order valence-electron chi connectivity index (χ2n) is 6.61. The van der Waals surface area contributed by atoms with E-state index in [1.54, 1.807) is 0 Å². The Morgan fingerprint density at radius 3 is 2.61 bits per heavy atom.